The minimum Gasteiger partial charge on any atom is -0.381 e. The summed E-state index contributed by atoms with van der Waals surface area (Å²) in [6.45, 7) is 9.07. The SMILES string of the molecule is CC(C)(CON)C1(C)CCOCC1. The Morgan fingerprint density at radius 2 is 1.92 bits per heavy atom. The molecule has 0 unspecified atom stereocenters. The van der Waals surface area contributed by atoms with Gasteiger partial charge in [-0.2, -0.15) is 0 Å². The van der Waals surface area contributed by atoms with Crippen molar-refractivity contribution >= 4 is 0 Å². The molecular formula is C10H21NO2. The average Bonchev–Trinajstić information content (AvgIpc) is 2.05. The van der Waals surface area contributed by atoms with E-state index in [4.69, 9.17) is 15.5 Å². The number of hydrogen-bond donors (Lipinski definition) is 1. The van der Waals surface area contributed by atoms with Crippen molar-refractivity contribution in [3.05, 3.63) is 0 Å². The van der Waals surface area contributed by atoms with Crippen molar-refractivity contribution in [2.45, 2.75) is 33.6 Å². The van der Waals surface area contributed by atoms with Crippen molar-refractivity contribution < 1.29 is 9.57 Å². The van der Waals surface area contributed by atoms with E-state index in [2.05, 4.69) is 20.8 Å². The summed E-state index contributed by atoms with van der Waals surface area (Å²) < 4.78 is 5.37. The first-order chi connectivity index (χ1) is 6.02. The minimum absolute atomic E-state index is 0.130. The van der Waals surface area contributed by atoms with Crippen LogP contribution in [0.4, 0.5) is 0 Å². The summed E-state index contributed by atoms with van der Waals surface area (Å²) in [5.41, 5.74) is 0.427. The first-order valence-electron chi connectivity index (χ1n) is 4.91. The van der Waals surface area contributed by atoms with Gasteiger partial charge in [0.1, 0.15) is 0 Å². The monoisotopic (exact) mass is 187 g/mol. The molecule has 2 N–H and O–H groups in total. The van der Waals surface area contributed by atoms with Gasteiger partial charge in [-0.1, -0.05) is 20.8 Å². The van der Waals surface area contributed by atoms with E-state index in [1.165, 1.54) is 0 Å². The van der Waals surface area contributed by atoms with Crippen LogP contribution in [0.5, 0.6) is 0 Å². The zero-order valence-corrected chi connectivity index (χ0v) is 8.93. The Morgan fingerprint density at radius 3 is 2.38 bits per heavy atom. The van der Waals surface area contributed by atoms with Gasteiger partial charge in [0.2, 0.25) is 0 Å². The molecule has 0 aliphatic carbocycles. The third kappa shape index (κ3) is 2.22. The van der Waals surface area contributed by atoms with Gasteiger partial charge in [-0.25, -0.2) is 5.90 Å². The summed E-state index contributed by atoms with van der Waals surface area (Å²) in [6, 6.07) is 0. The van der Waals surface area contributed by atoms with Gasteiger partial charge in [0.25, 0.3) is 0 Å². The molecule has 0 aromatic rings. The molecule has 3 nitrogen and oxygen atoms in total. The van der Waals surface area contributed by atoms with Crippen LogP contribution in [0.25, 0.3) is 0 Å². The maximum atomic E-state index is 5.37. The van der Waals surface area contributed by atoms with Crippen molar-refractivity contribution in [3.8, 4) is 0 Å². The van der Waals surface area contributed by atoms with Crippen molar-refractivity contribution in [2.24, 2.45) is 16.7 Å². The first kappa shape index (κ1) is 11.0. The Bertz CT molecular complexity index is 162. The van der Waals surface area contributed by atoms with E-state index in [0.717, 1.165) is 26.1 Å². The molecule has 0 bridgehead atoms. The van der Waals surface area contributed by atoms with Crippen LogP contribution in [0, 0.1) is 10.8 Å². The maximum absolute atomic E-state index is 5.37. The molecule has 0 radical (unpaired) electrons. The minimum atomic E-state index is 0.130. The summed E-state index contributed by atoms with van der Waals surface area (Å²) in [4.78, 5) is 4.78. The Hall–Kier alpha value is -0.120. The van der Waals surface area contributed by atoms with Crippen molar-refractivity contribution in [2.75, 3.05) is 19.8 Å². The average molecular weight is 187 g/mol. The highest BCUT2D eigenvalue weighted by molar-refractivity contribution is 4.90. The van der Waals surface area contributed by atoms with Gasteiger partial charge in [-0.15, -0.1) is 0 Å². The van der Waals surface area contributed by atoms with Crippen LogP contribution in [-0.2, 0) is 9.57 Å². The topological polar surface area (TPSA) is 44.5 Å². The van der Waals surface area contributed by atoms with Gasteiger partial charge in [0.05, 0.1) is 6.61 Å². The predicted octanol–water partition coefficient (Wildman–Crippen LogP) is 1.72. The molecule has 0 atom stereocenters. The molecule has 1 fully saturated rings. The molecule has 3 heteroatoms. The Balaban J connectivity index is 2.64. The van der Waals surface area contributed by atoms with E-state index in [1.54, 1.807) is 0 Å². The van der Waals surface area contributed by atoms with Gasteiger partial charge in [0.15, 0.2) is 0 Å². The molecule has 13 heavy (non-hydrogen) atoms. The number of hydrogen-bond acceptors (Lipinski definition) is 3. The quantitative estimate of drug-likeness (QED) is 0.684. The fourth-order valence-corrected chi connectivity index (χ4v) is 1.88. The molecule has 1 aliphatic rings. The Kier molecular flexibility index (Phi) is 3.33. The van der Waals surface area contributed by atoms with Gasteiger partial charge in [-0.3, -0.25) is 0 Å². The molecule has 1 aliphatic heterocycles. The van der Waals surface area contributed by atoms with E-state index in [0.29, 0.717) is 12.0 Å². The molecule has 0 saturated carbocycles. The summed E-state index contributed by atoms with van der Waals surface area (Å²) >= 11 is 0. The van der Waals surface area contributed by atoms with Crippen LogP contribution < -0.4 is 5.90 Å². The Labute approximate surface area is 80.5 Å². The van der Waals surface area contributed by atoms with Crippen LogP contribution in [0.2, 0.25) is 0 Å². The smallest absolute Gasteiger partial charge is 0.0735 e. The fraction of sp³-hybridized carbons (Fsp3) is 1.00. The van der Waals surface area contributed by atoms with E-state index in [1.807, 2.05) is 0 Å². The number of ether oxygens (including phenoxy) is 1. The lowest BCUT2D eigenvalue weighted by Gasteiger charge is -2.46. The Morgan fingerprint density at radius 1 is 1.38 bits per heavy atom. The maximum Gasteiger partial charge on any atom is 0.0735 e. The summed E-state index contributed by atoms with van der Waals surface area (Å²) in [6.07, 6.45) is 2.20. The number of nitrogens with two attached hydrogens (primary N) is 1. The molecule has 1 rings (SSSR count). The van der Waals surface area contributed by atoms with Gasteiger partial charge < -0.3 is 9.57 Å². The second-order valence-electron chi connectivity index (χ2n) is 4.87. The summed E-state index contributed by atoms with van der Waals surface area (Å²) in [5.74, 6) is 5.15. The van der Waals surface area contributed by atoms with E-state index >= 15 is 0 Å². The molecular weight excluding hydrogens is 166 g/mol. The highest BCUT2D eigenvalue weighted by Gasteiger charge is 2.42. The molecule has 0 spiro atoms. The molecule has 1 saturated heterocycles. The lowest BCUT2D eigenvalue weighted by molar-refractivity contribution is -0.0789. The van der Waals surface area contributed by atoms with Crippen LogP contribution in [0.3, 0.4) is 0 Å². The second kappa shape index (κ2) is 3.95. The van der Waals surface area contributed by atoms with Crippen LogP contribution in [0.15, 0.2) is 0 Å². The second-order valence-corrected chi connectivity index (χ2v) is 4.87. The van der Waals surface area contributed by atoms with Crippen LogP contribution >= 0.6 is 0 Å². The van der Waals surface area contributed by atoms with E-state index in [9.17, 15) is 0 Å². The van der Waals surface area contributed by atoms with Crippen molar-refractivity contribution in [1.82, 2.24) is 0 Å². The largest absolute Gasteiger partial charge is 0.381 e. The van der Waals surface area contributed by atoms with E-state index < -0.39 is 0 Å². The predicted molar refractivity (Wildman–Crippen MR) is 52.1 cm³/mol. The lowest BCUT2D eigenvalue weighted by atomic mass is 9.63. The highest BCUT2D eigenvalue weighted by Crippen LogP contribution is 2.46. The first-order valence-corrected chi connectivity index (χ1v) is 4.91. The lowest BCUT2D eigenvalue weighted by Crippen LogP contribution is -2.43. The zero-order valence-electron chi connectivity index (χ0n) is 8.93. The van der Waals surface area contributed by atoms with Gasteiger partial charge in [0, 0.05) is 13.2 Å². The molecule has 78 valence electrons. The van der Waals surface area contributed by atoms with Crippen molar-refractivity contribution in [1.29, 1.82) is 0 Å². The number of rotatable bonds is 3. The fourth-order valence-electron chi connectivity index (χ4n) is 1.88. The standard InChI is InChI=1S/C10H21NO2/c1-9(2,8-13-11)10(3)4-6-12-7-5-10/h4-8,11H2,1-3H3. The van der Waals surface area contributed by atoms with Crippen LogP contribution in [-0.4, -0.2) is 19.8 Å². The summed E-state index contributed by atoms with van der Waals surface area (Å²) in [7, 11) is 0. The van der Waals surface area contributed by atoms with Crippen molar-refractivity contribution in [3.63, 3.8) is 0 Å². The molecule has 0 aromatic carbocycles. The zero-order chi connectivity index (χ0) is 9.95. The van der Waals surface area contributed by atoms with Crippen LogP contribution in [0.1, 0.15) is 33.6 Å². The molecule has 0 amide bonds. The highest BCUT2D eigenvalue weighted by atomic mass is 16.6. The summed E-state index contributed by atoms with van der Waals surface area (Å²) in [5, 5.41) is 0. The van der Waals surface area contributed by atoms with Gasteiger partial charge in [-0.05, 0) is 23.7 Å². The van der Waals surface area contributed by atoms with Gasteiger partial charge >= 0.3 is 0 Å². The third-order valence-corrected chi connectivity index (χ3v) is 3.67. The normalized spacial score (nSPS) is 23.1. The third-order valence-electron chi connectivity index (χ3n) is 3.67. The molecule has 1 heterocycles. The molecule has 0 aromatic heterocycles. The van der Waals surface area contributed by atoms with E-state index in [-0.39, 0.29) is 5.41 Å².